The molecule has 25 heavy (non-hydrogen) atoms. The van der Waals surface area contributed by atoms with Gasteiger partial charge >= 0.3 is 5.97 Å². The molecule has 5 heteroatoms. The van der Waals surface area contributed by atoms with Gasteiger partial charge in [0.1, 0.15) is 17.1 Å². The Morgan fingerprint density at radius 1 is 0.960 bits per heavy atom. The summed E-state index contributed by atoms with van der Waals surface area (Å²) < 4.78 is 5.08. The Balaban J connectivity index is 0.000000236. The highest BCUT2D eigenvalue weighted by Gasteiger charge is 2.13. The summed E-state index contributed by atoms with van der Waals surface area (Å²) in [7, 11) is 0. The summed E-state index contributed by atoms with van der Waals surface area (Å²) in [6.45, 7) is 0. The van der Waals surface area contributed by atoms with E-state index in [4.69, 9.17) is 10.5 Å². The van der Waals surface area contributed by atoms with Gasteiger partial charge < -0.3 is 15.6 Å². The van der Waals surface area contributed by atoms with E-state index in [-0.39, 0.29) is 11.3 Å². The molecule has 1 aliphatic rings. The van der Waals surface area contributed by atoms with Gasteiger partial charge in [-0.05, 0) is 36.4 Å². The molecule has 2 aromatic carbocycles. The van der Waals surface area contributed by atoms with Crippen LogP contribution in [0.4, 0.5) is 5.69 Å². The maximum Gasteiger partial charge on any atom is 0.347 e. The normalized spacial score (nSPS) is 11.8. The highest BCUT2D eigenvalue weighted by Crippen LogP contribution is 2.22. The van der Waals surface area contributed by atoms with Crippen LogP contribution in [0, 0.1) is 0 Å². The zero-order chi connectivity index (χ0) is 17.9. The summed E-state index contributed by atoms with van der Waals surface area (Å²) in [5.74, 6) is -0.381. The third-order valence-corrected chi connectivity index (χ3v) is 2.98. The Kier molecular flexibility index (Phi) is 6.76. The lowest BCUT2D eigenvalue weighted by atomic mass is 10.2. The van der Waals surface area contributed by atoms with E-state index < -0.39 is 5.97 Å². The molecule has 0 saturated heterocycles. The summed E-state index contributed by atoms with van der Waals surface area (Å²) in [6.07, 6.45) is 13.1. The van der Waals surface area contributed by atoms with E-state index in [0.717, 1.165) is 0 Å². The number of rotatable bonds is 2. The van der Waals surface area contributed by atoms with Crippen LogP contribution in [0.5, 0.6) is 11.5 Å². The van der Waals surface area contributed by atoms with Crippen molar-refractivity contribution in [2.24, 2.45) is 4.99 Å². The van der Waals surface area contributed by atoms with Gasteiger partial charge in [-0.3, -0.25) is 4.99 Å². The topological polar surface area (TPSA) is 84.9 Å². The number of esters is 1. The first-order valence-electron chi connectivity index (χ1n) is 7.54. The second-order valence-electron chi connectivity index (χ2n) is 4.89. The summed E-state index contributed by atoms with van der Waals surface area (Å²) in [6, 6.07) is 12.9. The van der Waals surface area contributed by atoms with Crippen molar-refractivity contribution in [2.45, 2.75) is 0 Å². The van der Waals surface area contributed by atoms with Gasteiger partial charge in [0.25, 0.3) is 0 Å². The number of aliphatic imine (C=N–C) groups is 1. The zero-order valence-corrected chi connectivity index (χ0v) is 13.4. The van der Waals surface area contributed by atoms with Crippen LogP contribution in [0.15, 0.2) is 90.1 Å². The number of para-hydroxylation sites is 1. The lowest BCUT2D eigenvalue weighted by molar-refractivity contribution is 0.0731. The molecule has 0 aromatic heterocycles. The molecule has 1 heterocycles. The fourth-order valence-electron chi connectivity index (χ4n) is 1.81. The van der Waals surface area contributed by atoms with Gasteiger partial charge in [0.15, 0.2) is 0 Å². The van der Waals surface area contributed by atoms with E-state index in [2.05, 4.69) is 4.99 Å². The third-order valence-electron chi connectivity index (χ3n) is 2.98. The Bertz CT molecular complexity index is 766. The summed E-state index contributed by atoms with van der Waals surface area (Å²) >= 11 is 0. The molecule has 0 unspecified atom stereocenters. The van der Waals surface area contributed by atoms with Crippen LogP contribution >= 0.6 is 0 Å². The summed E-state index contributed by atoms with van der Waals surface area (Å²) in [5.41, 5.74) is 5.94. The fraction of sp³-hybridized carbons (Fsp3) is 0. The molecule has 0 atom stereocenters. The van der Waals surface area contributed by atoms with Crippen LogP contribution in [-0.2, 0) is 0 Å². The van der Waals surface area contributed by atoms with E-state index >= 15 is 0 Å². The molecule has 0 fully saturated rings. The lowest BCUT2D eigenvalue weighted by Crippen LogP contribution is -2.08. The number of phenols is 1. The smallest absolute Gasteiger partial charge is 0.347 e. The number of anilines is 1. The highest BCUT2D eigenvalue weighted by molar-refractivity contribution is 5.94. The molecular weight excluding hydrogens is 316 g/mol. The minimum Gasteiger partial charge on any atom is -0.507 e. The summed E-state index contributed by atoms with van der Waals surface area (Å²) in [5, 5.41) is 9.56. The number of nitrogens with two attached hydrogens (primary N) is 1. The maximum absolute atomic E-state index is 11.7. The van der Waals surface area contributed by atoms with Gasteiger partial charge in [-0.2, -0.15) is 0 Å². The van der Waals surface area contributed by atoms with Crippen LogP contribution in [0.25, 0.3) is 0 Å². The molecule has 0 saturated carbocycles. The molecule has 5 nitrogen and oxygen atoms in total. The molecule has 126 valence electrons. The van der Waals surface area contributed by atoms with Crippen LogP contribution < -0.4 is 10.5 Å². The number of nitrogen functional groups attached to an aromatic ring is 1. The van der Waals surface area contributed by atoms with Gasteiger partial charge in [-0.15, -0.1) is 0 Å². The van der Waals surface area contributed by atoms with E-state index in [0.29, 0.717) is 11.4 Å². The van der Waals surface area contributed by atoms with E-state index in [1.54, 1.807) is 36.7 Å². The minimum absolute atomic E-state index is 0.0862. The quantitative estimate of drug-likeness (QED) is 0.496. The third kappa shape index (κ3) is 6.19. The van der Waals surface area contributed by atoms with Gasteiger partial charge in [0.05, 0.1) is 0 Å². The number of nitrogens with zero attached hydrogens (tertiary/aromatic N) is 1. The molecule has 3 N–H and O–H groups in total. The predicted molar refractivity (Wildman–Crippen MR) is 99.8 cm³/mol. The second kappa shape index (κ2) is 9.52. The summed E-state index contributed by atoms with van der Waals surface area (Å²) in [4.78, 5) is 15.6. The maximum atomic E-state index is 11.7. The number of hydrogen-bond donors (Lipinski definition) is 2. The molecule has 3 rings (SSSR count). The van der Waals surface area contributed by atoms with Crippen molar-refractivity contribution in [3.63, 3.8) is 0 Å². The van der Waals surface area contributed by atoms with Gasteiger partial charge in [0, 0.05) is 24.2 Å². The molecule has 0 radical (unpaired) electrons. The van der Waals surface area contributed by atoms with Crippen molar-refractivity contribution in [1.29, 1.82) is 0 Å². The Hall–Kier alpha value is -3.60. The Morgan fingerprint density at radius 3 is 2.44 bits per heavy atom. The van der Waals surface area contributed by atoms with Gasteiger partial charge in [0.2, 0.25) is 0 Å². The monoisotopic (exact) mass is 334 g/mol. The number of carbonyl (C=O) groups is 1. The number of ether oxygens (including phenoxy) is 1. The fourth-order valence-corrected chi connectivity index (χ4v) is 1.81. The molecule has 1 aliphatic heterocycles. The Labute approximate surface area is 146 Å². The van der Waals surface area contributed by atoms with Crippen molar-refractivity contribution in [3.8, 4) is 11.5 Å². The first-order chi connectivity index (χ1) is 12.2. The Morgan fingerprint density at radius 2 is 1.68 bits per heavy atom. The zero-order valence-electron chi connectivity index (χ0n) is 13.4. The number of allylic oxidation sites excluding steroid dienone is 5. The van der Waals surface area contributed by atoms with E-state index in [1.165, 1.54) is 18.2 Å². The van der Waals surface area contributed by atoms with Gasteiger partial charge in [-0.25, -0.2) is 4.79 Å². The lowest BCUT2D eigenvalue weighted by Gasteiger charge is -2.06. The number of carbonyl (C=O) groups excluding carboxylic acids is 1. The van der Waals surface area contributed by atoms with E-state index in [9.17, 15) is 9.90 Å². The van der Waals surface area contributed by atoms with E-state index in [1.807, 2.05) is 36.4 Å². The highest BCUT2D eigenvalue weighted by atomic mass is 16.5. The average Bonchev–Trinajstić information content (AvgIpc) is 2.55. The number of hydrogen-bond acceptors (Lipinski definition) is 5. The van der Waals surface area contributed by atoms with Gasteiger partial charge in [-0.1, -0.05) is 36.4 Å². The minimum atomic E-state index is -0.617. The SMILES string of the molecule is C1=CC=CN=CC=C1.Nc1ccc(C(=O)Oc2ccccc2)c(O)c1. The average molecular weight is 334 g/mol. The van der Waals surface area contributed by atoms with Crippen molar-refractivity contribution >= 4 is 17.9 Å². The first kappa shape index (κ1) is 17.7. The molecular formula is C20H18N2O3. The standard InChI is InChI=1S/C13H11NO3.C7H7N/c14-9-6-7-11(12(15)8-9)13(16)17-10-4-2-1-3-5-10;1-2-4-6-8-7-5-3-1/h1-8,15H,14H2;1-7H. The van der Waals surface area contributed by atoms with Crippen molar-refractivity contribution in [2.75, 3.05) is 5.73 Å². The molecule has 0 spiro atoms. The molecule has 2 aromatic rings. The largest absolute Gasteiger partial charge is 0.507 e. The van der Waals surface area contributed by atoms with Crippen molar-refractivity contribution in [1.82, 2.24) is 0 Å². The number of benzene rings is 2. The molecule has 0 amide bonds. The first-order valence-corrected chi connectivity index (χ1v) is 7.54. The van der Waals surface area contributed by atoms with Crippen molar-refractivity contribution < 1.29 is 14.6 Å². The number of aromatic hydroxyl groups is 1. The van der Waals surface area contributed by atoms with Crippen LogP contribution in [0.3, 0.4) is 0 Å². The number of phenolic OH excluding ortho intramolecular Hbond substituents is 1. The van der Waals surface area contributed by atoms with Crippen LogP contribution in [-0.4, -0.2) is 17.3 Å². The van der Waals surface area contributed by atoms with Crippen LogP contribution in [0.1, 0.15) is 10.4 Å². The predicted octanol–water partition coefficient (Wildman–Crippen LogP) is 3.89. The molecule has 0 bridgehead atoms. The van der Waals surface area contributed by atoms with Crippen LogP contribution in [0.2, 0.25) is 0 Å². The van der Waals surface area contributed by atoms with Crippen molar-refractivity contribution in [3.05, 3.63) is 90.7 Å². The second-order valence-corrected chi connectivity index (χ2v) is 4.89. The molecule has 0 aliphatic carbocycles.